The molecule has 0 unspecified atom stereocenters. The van der Waals surface area contributed by atoms with Crippen LogP contribution in [0.3, 0.4) is 0 Å². The van der Waals surface area contributed by atoms with Gasteiger partial charge in [-0.1, -0.05) is 76.4 Å². The maximum absolute atomic E-state index is 6.48. The topological polar surface area (TPSA) is 56.7 Å². The molecule has 0 fully saturated rings. The van der Waals surface area contributed by atoms with E-state index in [-0.39, 0.29) is 77.8 Å². The first kappa shape index (κ1) is 37.0. The summed E-state index contributed by atoms with van der Waals surface area (Å²) >= 11 is 0. The van der Waals surface area contributed by atoms with Gasteiger partial charge in [-0.3, -0.25) is 0 Å². The highest BCUT2D eigenvalue weighted by Gasteiger charge is 2.21. The van der Waals surface area contributed by atoms with Crippen LogP contribution in [0, 0.1) is 0 Å². The van der Waals surface area contributed by atoms with Crippen LogP contribution in [0.1, 0.15) is 0 Å². The van der Waals surface area contributed by atoms with Gasteiger partial charge in [0.05, 0.1) is 11.0 Å². The molecule has 0 aliphatic heterocycles. The van der Waals surface area contributed by atoms with Crippen molar-refractivity contribution in [2.75, 3.05) is 0 Å². The van der Waals surface area contributed by atoms with Gasteiger partial charge in [-0.2, -0.15) is 0 Å². The van der Waals surface area contributed by atoms with Crippen LogP contribution in [0.5, 0.6) is 0 Å². The molecule has 5 nitrogen and oxygen atoms in total. The monoisotopic (exact) mass is 730 g/mol. The third-order valence-electron chi connectivity index (χ3n) is 11.0. The fourth-order valence-electron chi connectivity index (χ4n) is 7.92. The Morgan fingerprint density at radius 1 is 0.373 bits per heavy atom. The van der Waals surface area contributed by atoms with Gasteiger partial charge >= 0.3 is 0 Å². The van der Waals surface area contributed by atoms with Crippen molar-refractivity contribution in [3.8, 4) is 51.0 Å². The third-order valence-corrected chi connectivity index (χ3v) is 11.0. The maximum atomic E-state index is 6.48. The second-order valence-corrected chi connectivity index (χ2v) is 14.5. The number of para-hydroxylation sites is 2. The zero-order chi connectivity index (χ0) is 40.9. The Labute approximate surface area is 352 Å². The van der Waals surface area contributed by atoms with Gasteiger partial charge in [-0.15, -0.1) is 27.3 Å². The molecule has 252 valence electrons. The lowest BCUT2D eigenvalue weighted by atomic mass is 9.60. The molecule has 0 saturated heterocycles. The summed E-state index contributed by atoms with van der Waals surface area (Å²) in [6.45, 7) is 0. The second-order valence-electron chi connectivity index (χ2n) is 14.5. The maximum Gasteiger partial charge on any atom is 0.164 e. The summed E-state index contributed by atoms with van der Waals surface area (Å²) in [5.74, 6) is 0.342. The van der Waals surface area contributed by atoms with Gasteiger partial charge in [0.2, 0.25) is 0 Å². The number of hydrogen-bond acceptors (Lipinski definition) is 4. The number of aromatic nitrogens is 4. The summed E-state index contributed by atoms with van der Waals surface area (Å²) in [6.07, 6.45) is 0. The summed E-state index contributed by atoms with van der Waals surface area (Å²) in [7, 11) is 56.9. The molecule has 0 spiro atoms. The molecule has 7 aromatic carbocycles. The van der Waals surface area contributed by atoms with Crippen LogP contribution in [0.4, 0.5) is 0 Å². The van der Waals surface area contributed by atoms with Crippen molar-refractivity contribution in [3.63, 3.8) is 0 Å². The van der Waals surface area contributed by atoms with E-state index in [0.717, 1.165) is 44.0 Å². The number of furan rings is 1. The van der Waals surface area contributed by atoms with Gasteiger partial charge in [0, 0.05) is 43.9 Å². The van der Waals surface area contributed by atoms with Crippen LogP contribution in [-0.2, 0) is 0 Å². The zero-order valence-electron chi connectivity index (χ0n) is 31.4. The second kappa shape index (κ2) is 13.9. The number of nitrogens with zero attached hydrogens (tertiary/aromatic N) is 4. The lowest BCUT2D eigenvalue weighted by Gasteiger charge is -2.21. The average molecular weight is 729 g/mol. The minimum atomic E-state index is 0.0342. The Kier molecular flexibility index (Phi) is 8.75. The molecule has 0 saturated carbocycles. The van der Waals surface area contributed by atoms with Crippen molar-refractivity contribution in [1.82, 2.24) is 19.5 Å². The Hall–Kier alpha value is -6.27. The van der Waals surface area contributed by atoms with E-state index in [2.05, 4.69) is 89.5 Å². The molecule has 59 heavy (non-hydrogen) atoms. The molecule has 18 radical (unpaired) electrons. The van der Waals surface area contributed by atoms with E-state index < -0.39 is 0 Å². The van der Waals surface area contributed by atoms with E-state index in [9.17, 15) is 0 Å². The SMILES string of the molecule is [B]c1cc([B])c([B])c(-c2nc(-c3ccc4oc5cc(-c6ccc7c(c6)c6ccccc6n7-c6ccccc6)ccc5c4c3)nc(-c3c([B])c([B])c([B])c([B])c3[B])n2)c1[B]. The van der Waals surface area contributed by atoms with E-state index in [1.54, 1.807) is 0 Å². The highest BCUT2D eigenvalue weighted by molar-refractivity contribution is 6.68. The van der Waals surface area contributed by atoms with Crippen LogP contribution < -0.4 is 49.2 Å². The summed E-state index contributed by atoms with van der Waals surface area (Å²) in [6, 6.07) is 38.7. The van der Waals surface area contributed by atoms with Crippen molar-refractivity contribution in [1.29, 1.82) is 0 Å². The Morgan fingerprint density at radius 3 is 1.63 bits per heavy atom. The quantitative estimate of drug-likeness (QED) is 0.245. The third kappa shape index (κ3) is 5.86. The van der Waals surface area contributed by atoms with E-state index in [4.69, 9.17) is 90.0 Å². The average Bonchev–Trinajstić information content (AvgIpc) is 3.79. The summed E-state index contributed by atoms with van der Waals surface area (Å²) < 4.78 is 8.74. The molecular weight excluding hydrogens is 710 g/mol. The van der Waals surface area contributed by atoms with Crippen molar-refractivity contribution in [2.24, 2.45) is 0 Å². The first-order chi connectivity index (χ1) is 28.5. The number of benzene rings is 7. The fourth-order valence-corrected chi connectivity index (χ4v) is 7.92. The number of hydrogen-bond donors (Lipinski definition) is 0. The van der Waals surface area contributed by atoms with Crippen LogP contribution in [0.25, 0.3) is 94.7 Å². The fraction of sp³-hybridized carbons (Fsp3) is 0. The van der Waals surface area contributed by atoms with E-state index in [1.807, 2.05) is 24.3 Å². The summed E-state index contributed by atoms with van der Waals surface area (Å²) in [4.78, 5) is 14.3. The summed E-state index contributed by atoms with van der Waals surface area (Å²) in [5.41, 5.74) is 8.66. The first-order valence-corrected chi connectivity index (χ1v) is 18.5. The van der Waals surface area contributed by atoms with Gasteiger partial charge < -0.3 is 8.98 Å². The van der Waals surface area contributed by atoms with Crippen LogP contribution in [0.2, 0.25) is 0 Å². The van der Waals surface area contributed by atoms with Gasteiger partial charge in [0.15, 0.2) is 17.5 Å². The molecule has 0 amide bonds. The standard InChI is InChI=1S/C45H19B9N4O/c46-28-19-29(47)37(49)34(36(28)48)44-55-43(56-45(57-44)35-38(50)40(52)42(54)41(53)39(35)51)22-12-15-32-27(17-22)25-13-10-21(18-33(25)59-32)20-11-14-31-26(16-20)24-8-4-5-9-30(24)58(31)23-6-2-1-3-7-23/h1-19H. The predicted octanol–water partition coefficient (Wildman–Crippen LogP) is 0.680. The van der Waals surface area contributed by atoms with Crippen LogP contribution in [0.15, 0.2) is 120 Å². The molecule has 10 aromatic rings. The molecule has 10 rings (SSSR count). The molecule has 0 aliphatic rings. The highest BCUT2D eigenvalue weighted by atomic mass is 16.3. The Bertz CT molecular complexity index is 3350. The molecule has 0 N–H and O–H groups in total. The molecule has 0 bridgehead atoms. The minimum absolute atomic E-state index is 0.0342. The lowest BCUT2D eigenvalue weighted by molar-refractivity contribution is 0.669. The van der Waals surface area contributed by atoms with Gasteiger partial charge in [0.1, 0.15) is 81.8 Å². The van der Waals surface area contributed by atoms with Gasteiger partial charge in [-0.25, -0.2) is 15.0 Å². The van der Waals surface area contributed by atoms with Crippen LogP contribution >= 0.6 is 0 Å². The molecule has 14 heteroatoms. The van der Waals surface area contributed by atoms with Crippen LogP contribution in [-0.4, -0.2) is 90.1 Å². The normalized spacial score (nSPS) is 11.7. The highest BCUT2D eigenvalue weighted by Crippen LogP contribution is 2.38. The lowest BCUT2D eigenvalue weighted by Crippen LogP contribution is -2.55. The van der Waals surface area contributed by atoms with E-state index >= 15 is 0 Å². The van der Waals surface area contributed by atoms with Crippen molar-refractivity contribution < 1.29 is 4.42 Å². The number of fused-ring (bicyclic) bond motifs is 6. The van der Waals surface area contributed by atoms with E-state index in [1.165, 1.54) is 11.5 Å². The molecule has 3 heterocycles. The van der Waals surface area contributed by atoms with Crippen molar-refractivity contribution in [3.05, 3.63) is 115 Å². The zero-order valence-corrected chi connectivity index (χ0v) is 31.4. The largest absolute Gasteiger partial charge is 0.456 e. The van der Waals surface area contributed by atoms with Gasteiger partial charge in [-0.05, 0) is 71.8 Å². The van der Waals surface area contributed by atoms with Crippen molar-refractivity contribution >= 4 is 164 Å². The van der Waals surface area contributed by atoms with E-state index in [0.29, 0.717) is 16.7 Å². The minimum Gasteiger partial charge on any atom is -0.456 e. The van der Waals surface area contributed by atoms with Gasteiger partial charge in [0.25, 0.3) is 0 Å². The summed E-state index contributed by atoms with van der Waals surface area (Å²) in [5, 5.41) is 4.06. The smallest absolute Gasteiger partial charge is 0.164 e. The molecule has 0 aliphatic carbocycles. The number of rotatable bonds is 5. The molecule has 3 aromatic heterocycles. The Morgan fingerprint density at radius 2 is 0.915 bits per heavy atom. The van der Waals surface area contributed by atoms with Crippen molar-refractivity contribution in [2.45, 2.75) is 0 Å². The first-order valence-electron chi connectivity index (χ1n) is 18.5. The predicted molar refractivity (Wildman–Crippen MR) is 252 cm³/mol. The Balaban J connectivity index is 1.12. The molecular formula is C45H19B9N4O. The molecule has 0 atom stereocenters.